The van der Waals surface area contributed by atoms with Gasteiger partial charge >= 0.3 is 6.18 Å². The highest BCUT2D eigenvalue weighted by molar-refractivity contribution is 4.83. The van der Waals surface area contributed by atoms with Crippen LogP contribution in [-0.4, -0.2) is 55.7 Å². The van der Waals surface area contributed by atoms with E-state index in [9.17, 15) is 13.2 Å². The van der Waals surface area contributed by atoms with Crippen LogP contribution in [0.2, 0.25) is 0 Å². The largest absolute Gasteiger partial charge is 0.405 e. The molecule has 0 aromatic carbocycles. The monoisotopic (exact) mass is 182 g/mol. The Hall–Kier alpha value is -0.290. The van der Waals surface area contributed by atoms with Crippen molar-refractivity contribution in [3.05, 3.63) is 0 Å². The summed E-state index contributed by atoms with van der Waals surface area (Å²) in [7, 11) is 3.23. The molecule has 1 unspecified atom stereocenters. The highest BCUT2D eigenvalue weighted by Gasteiger charge is 2.44. The van der Waals surface area contributed by atoms with Crippen molar-refractivity contribution in [2.24, 2.45) is 0 Å². The first kappa shape index (κ1) is 9.80. The van der Waals surface area contributed by atoms with Crippen LogP contribution in [0.1, 0.15) is 0 Å². The Morgan fingerprint density at radius 2 is 1.75 bits per heavy atom. The second kappa shape index (κ2) is 3.22. The minimum absolute atomic E-state index is 0.0833. The lowest BCUT2D eigenvalue weighted by Gasteiger charge is -2.38. The maximum Gasteiger partial charge on any atom is 0.405 e. The highest BCUT2D eigenvalue weighted by atomic mass is 19.4. The van der Waals surface area contributed by atoms with Crippen molar-refractivity contribution in [1.82, 2.24) is 9.80 Å². The van der Waals surface area contributed by atoms with Crippen LogP contribution >= 0.6 is 0 Å². The normalized spacial score (nSPS) is 29.2. The molecule has 0 radical (unpaired) electrons. The maximum absolute atomic E-state index is 12.3. The van der Waals surface area contributed by atoms with Gasteiger partial charge in [-0.2, -0.15) is 13.2 Å². The number of nitrogens with zero attached hydrogens (tertiary/aromatic N) is 2. The molecule has 5 heteroatoms. The predicted octanol–water partition coefficient (Wildman–Crippen LogP) is 0.794. The third-order valence-corrected chi connectivity index (χ3v) is 2.23. The van der Waals surface area contributed by atoms with E-state index in [4.69, 9.17) is 0 Å². The van der Waals surface area contributed by atoms with Crippen molar-refractivity contribution in [2.45, 2.75) is 12.2 Å². The number of rotatable bonds is 0. The summed E-state index contributed by atoms with van der Waals surface area (Å²) in [5.74, 6) is 0. The van der Waals surface area contributed by atoms with Gasteiger partial charge < -0.3 is 4.90 Å². The van der Waals surface area contributed by atoms with Crippen LogP contribution in [0, 0.1) is 0 Å². The quantitative estimate of drug-likeness (QED) is 0.546. The van der Waals surface area contributed by atoms with Crippen LogP contribution in [-0.2, 0) is 0 Å². The van der Waals surface area contributed by atoms with Gasteiger partial charge in [-0.3, -0.25) is 4.90 Å². The molecule has 0 amide bonds. The number of alkyl halides is 3. The van der Waals surface area contributed by atoms with Gasteiger partial charge in [0.1, 0.15) is 6.04 Å². The van der Waals surface area contributed by atoms with E-state index in [0.29, 0.717) is 13.1 Å². The van der Waals surface area contributed by atoms with Crippen molar-refractivity contribution in [1.29, 1.82) is 0 Å². The van der Waals surface area contributed by atoms with Crippen LogP contribution < -0.4 is 0 Å². The number of halogens is 3. The molecule has 1 heterocycles. The Morgan fingerprint density at radius 1 is 1.17 bits per heavy atom. The van der Waals surface area contributed by atoms with Gasteiger partial charge in [-0.05, 0) is 14.1 Å². The van der Waals surface area contributed by atoms with Crippen molar-refractivity contribution in [3.8, 4) is 0 Å². The topological polar surface area (TPSA) is 6.48 Å². The summed E-state index contributed by atoms with van der Waals surface area (Å²) in [6.45, 7) is 1.28. The first-order valence-electron chi connectivity index (χ1n) is 3.87. The van der Waals surface area contributed by atoms with E-state index in [1.54, 1.807) is 11.9 Å². The van der Waals surface area contributed by atoms with E-state index < -0.39 is 12.2 Å². The molecule has 1 aliphatic rings. The van der Waals surface area contributed by atoms with Gasteiger partial charge in [-0.15, -0.1) is 0 Å². The van der Waals surface area contributed by atoms with Crippen molar-refractivity contribution in [2.75, 3.05) is 33.7 Å². The van der Waals surface area contributed by atoms with Gasteiger partial charge in [0.05, 0.1) is 0 Å². The molecule has 72 valence electrons. The van der Waals surface area contributed by atoms with Crippen LogP contribution in [0.25, 0.3) is 0 Å². The van der Waals surface area contributed by atoms with Gasteiger partial charge in [-0.1, -0.05) is 0 Å². The molecule has 0 saturated carbocycles. The summed E-state index contributed by atoms with van der Waals surface area (Å²) < 4.78 is 36.9. The first-order valence-corrected chi connectivity index (χ1v) is 3.87. The van der Waals surface area contributed by atoms with E-state index in [-0.39, 0.29) is 6.54 Å². The Kier molecular flexibility index (Phi) is 2.63. The summed E-state index contributed by atoms with van der Waals surface area (Å²) >= 11 is 0. The minimum Gasteiger partial charge on any atom is -0.303 e. The lowest BCUT2D eigenvalue weighted by Crippen LogP contribution is -2.56. The maximum atomic E-state index is 12.3. The predicted molar refractivity (Wildman–Crippen MR) is 40.0 cm³/mol. The lowest BCUT2D eigenvalue weighted by atomic mass is 10.2. The third kappa shape index (κ3) is 2.10. The van der Waals surface area contributed by atoms with E-state index in [0.717, 1.165) is 0 Å². The first-order chi connectivity index (χ1) is 5.41. The summed E-state index contributed by atoms with van der Waals surface area (Å²) in [6.07, 6.45) is -4.09. The standard InChI is InChI=1S/C7H13F3N2/c1-11-3-4-12(2)6(5-11)7(8,9)10/h6H,3-5H2,1-2H3. The molecule has 1 aliphatic heterocycles. The zero-order valence-corrected chi connectivity index (χ0v) is 7.23. The smallest absolute Gasteiger partial charge is 0.303 e. The highest BCUT2D eigenvalue weighted by Crippen LogP contribution is 2.26. The number of piperazine rings is 1. The SMILES string of the molecule is CN1CCN(C)C(C(F)(F)F)C1. The Morgan fingerprint density at radius 3 is 2.17 bits per heavy atom. The zero-order chi connectivity index (χ0) is 9.35. The fraction of sp³-hybridized carbons (Fsp3) is 1.00. The van der Waals surface area contributed by atoms with E-state index in [2.05, 4.69) is 0 Å². The summed E-state index contributed by atoms with van der Waals surface area (Å²) in [5.41, 5.74) is 0. The lowest BCUT2D eigenvalue weighted by molar-refractivity contribution is -0.191. The molecular weight excluding hydrogens is 169 g/mol. The molecule has 1 atom stereocenters. The van der Waals surface area contributed by atoms with E-state index in [1.165, 1.54) is 11.9 Å². The van der Waals surface area contributed by atoms with E-state index >= 15 is 0 Å². The molecule has 1 fully saturated rings. The molecule has 0 aliphatic carbocycles. The zero-order valence-electron chi connectivity index (χ0n) is 7.23. The Bertz CT molecular complexity index is 157. The molecule has 1 saturated heterocycles. The third-order valence-electron chi connectivity index (χ3n) is 2.23. The molecular formula is C7H13F3N2. The molecule has 2 nitrogen and oxygen atoms in total. The molecule has 0 N–H and O–H groups in total. The van der Waals surface area contributed by atoms with Crippen LogP contribution in [0.5, 0.6) is 0 Å². The number of likely N-dealkylation sites (N-methyl/N-ethyl adjacent to an activating group) is 2. The van der Waals surface area contributed by atoms with Gasteiger partial charge in [0, 0.05) is 19.6 Å². The molecule has 0 bridgehead atoms. The second-order valence-electron chi connectivity index (χ2n) is 3.30. The van der Waals surface area contributed by atoms with Gasteiger partial charge in [0.2, 0.25) is 0 Å². The Labute approximate surface area is 69.9 Å². The van der Waals surface area contributed by atoms with Gasteiger partial charge in [0.25, 0.3) is 0 Å². The van der Waals surface area contributed by atoms with Crippen molar-refractivity contribution < 1.29 is 13.2 Å². The second-order valence-corrected chi connectivity index (χ2v) is 3.30. The molecule has 0 aromatic rings. The summed E-state index contributed by atoms with van der Waals surface area (Å²) in [5, 5.41) is 0. The molecule has 0 aromatic heterocycles. The molecule has 0 spiro atoms. The Balaban J connectivity index is 2.61. The van der Waals surface area contributed by atoms with Crippen LogP contribution in [0.3, 0.4) is 0 Å². The average Bonchev–Trinajstić information content (AvgIpc) is 1.92. The fourth-order valence-corrected chi connectivity index (χ4v) is 1.36. The van der Waals surface area contributed by atoms with Crippen LogP contribution in [0.4, 0.5) is 13.2 Å². The van der Waals surface area contributed by atoms with Crippen molar-refractivity contribution in [3.63, 3.8) is 0 Å². The summed E-state index contributed by atoms with van der Waals surface area (Å²) in [4.78, 5) is 3.07. The minimum atomic E-state index is -4.09. The van der Waals surface area contributed by atoms with Gasteiger partial charge in [0.15, 0.2) is 0 Å². The van der Waals surface area contributed by atoms with Crippen molar-refractivity contribution >= 4 is 0 Å². The van der Waals surface area contributed by atoms with Gasteiger partial charge in [-0.25, -0.2) is 0 Å². The average molecular weight is 182 g/mol. The summed E-state index contributed by atoms with van der Waals surface area (Å²) in [6, 6.07) is -1.30. The fourth-order valence-electron chi connectivity index (χ4n) is 1.36. The van der Waals surface area contributed by atoms with E-state index in [1.807, 2.05) is 0 Å². The van der Waals surface area contributed by atoms with Crippen LogP contribution in [0.15, 0.2) is 0 Å². The number of hydrogen-bond donors (Lipinski definition) is 0. The number of hydrogen-bond acceptors (Lipinski definition) is 2. The molecule has 1 rings (SSSR count). The molecule has 12 heavy (non-hydrogen) atoms.